The van der Waals surface area contributed by atoms with Gasteiger partial charge in [0.25, 0.3) is 0 Å². The lowest BCUT2D eigenvalue weighted by Gasteiger charge is -2.17. The smallest absolute Gasteiger partial charge is 0.309 e. The van der Waals surface area contributed by atoms with Crippen molar-refractivity contribution >= 4 is 11.9 Å². The molecule has 0 bridgehead atoms. The molecule has 2 unspecified atom stereocenters. The van der Waals surface area contributed by atoms with Crippen LogP contribution in [0.3, 0.4) is 0 Å². The summed E-state index contributed by atoms with van der Waals surface area (Å²) in [5.41, 5.74) is 0. The van der Waals surface area contributed by atoms with Gasteiger partial charge in [-0.25, -0.2) is 0 Å². The van der Waals surface area contributed by atoms with Gasteiger partial charge in [-0.15, -0.1) is 0 Å². The van der Waals surface area contributed by atoms with Crippen LogP contribution < -0.4 is 0 Å². The molecule has 14 heavy (non-hydrogen) atoms. The van der Waals surface area contributed by atoms with E-state index in [9.17, 15) is 9.59 Å². The van der Waals surface area contributed by atoms with E-state index in [0.717, 1.165) is 12.8 Å². The van der Waals surface area contributed by atoms with E-state index in [1.54, 1.807) is 6.92 Å². The summed E-state index contributed by atoms with van der Waals surface area (Å²) in [6.45, 7) is 3.59. The molecule has 4 heteroatoms. The van der Waals surface area contributed by atoms with Crippen LogP contribution in [-0.2, 0) is 14.3 Å². The molecule has 0 heterocycles. The summed E-state index contributed by atoms with van der Waals surface area (Å²) in [5, 5.41) is 8.91. The number of carbonyl (C=O) groups is 2. The van der Waals surface area contributed by atoms with E-state index in [2.05, 4.69) is 4.74 Å². The number of esters is 1. The summed E-state index contributed by atoms with van der Waals surface area (Å²) in [4.78, 5) is 22.0. The van der Waals surface area contributed by atoms with Gasteiger partial charge in [-0.2, -0.15) is 0 Å². The number of carboxylic acid groups (broad SMARTS) is 1. The topological polar surface area (TPSA) is 63.6 Å². The Kier molecular flexibility index (Phi) is 5.92. The molecule has 1 N–H and O–H groups in total. The second-order valence-corrected chi connectivity index (χ2v) is 3.40. The van der Waals surface area contributed by atoms with Crippen LogP contribution in [0.2, 0.25) is 0 Å². The minimum absolute atomic E-state index is 0.450. The van der Waals surface area contributed by atoms with Crippen LogP contribution in [0.4, 0.5) is 0 Å². The highest BCUT2D eigenvalue weighted by Gasteiger charge is 2.29. The fourth-order valence-corrected chi connectivity index (χ4v) is 1.36. The van der Waals surface area contributed by atoms with Crippen molar-refractivity contribution in [2.24, 2.45) is 11.8 Å². The Morgan fingerprint density at radius 3 is 2.36 bits per heavy atom. The molecule has 0 rings (SSSR count). The van der Waals surface area contributed by atoms with Crippen molar-refractivity contribution in [3.63, 3.8) is 0 Å². The minimum atomic E-state index is -0.920. The van der Waals surface area contributed by atoms with E-state index >= 15 is 0 Å². The summed E-state index contributed by atoms with van der Waals surface area (Å²) in [5.74, 6) is -2.56. The molecule has 0 aromatic rings. The van der Waals surface area contributed by atoms with E-state index in [-0.39, 0.29) is 0 Å². The quantitative estimate of drug-likeness (QED) is 0.666. The number of rotatable bonds is 6. The van der Waals surface area contributed by atoms with Crippen LogP contribution in [0.5, 0.6) is 0 Å². The average molecular weight is 202 g/mol. The summed E-state index contributed by atoms with van der Waals surface area (Å²) in [6, 6.07) is 0. The molecule has 0 aliphatic rings. The number of hydrogen-bond donors (Lipinski definition) is 1. The molecule has 4 nitrogen and oxygen atoms in total. The predicted molar refractivity (Wildman–Crippen MR) is 51.8 cm³/mol. The first-order chi connectivity index (χ1) is 6.54. The van der Waals surface area contributed by atoms with Gasteiger partial charge >= 0.3 is 11.9 Å². The molecule has 0 aromatic carbocycles. The van der Waals surface area contributed by atoms with Crippen LogP contribution in [0.1, 0.15) is 33.1 Å². The van der Waals surface area contributed by atoms with E-state index in [0.29, 0.717) is 6.42 Å². The molecular formula is C10H18O4. The average Bonchev–Trinajstić information content (AvgIpc) is 2.16. The van der Waals surface area contributed by atoms with Crippen molar-refractivity contribution in [1.82, 2.24) is 0 Å². The molecule has 0 amide bonds. The predicted octanol–water partition coefficient (Wildman–Crippen LogP) is 1.69. The molecular weight excluding hydrogens is 184 g/mol. The maximum atomic E-state index is 11.1. The van der Waals surface area contributed by atoms with Crippen molar-refractivity contribution in [2.75, 3.05) is 7.11 Å². The fourth-order valence-electron chi connectivity index (χ4n) is 1.36. The number of aliphatic carboxylic acids is 1. The lowest BCUT2D eigenvalue weighted by atomic mass is 9.89. The van der Waals surface area contributed by atoms with Gasteiger partial charge in [-0.3, -0.25) is 9.59 Å². The minimum Gasteiger partial charge on any atom is -0.481 e. The standard InChI is InChI=1S/C10H18O4/c1-4-5-6-8(9(11)12)7(2)10(13)14-3/h7-8H,4-6H2,1-3H3,(H,11,12). The summed E-state index contributed by atoms with van der Waals surface area (Å²) in [7, 11) is 1.28. The van der Waals surface area contributed by atoms with Gasteiger partial charge in [0.05, 0.1) is 18.9 Å². The first-order valence-corrected chi connectivity index (χ1v) is 4.85. The zero-order valence-electron chi connectivity index (χ0n) is 8.95. The SMILES string of the molecule is CCCCC(C(=O)O)C(C)C(=O)OC. The zero-order chi connectivity index (χ0) is 11.1. The van der Waals surface area contributed by atoms with Gasteiger partial charge in [-0.1, -0.05) is 26.7 Å². The van der Waals surface area contributed by atoms with Gasteiger partial charge < -0.3 is 9.84 Å². The van der Waals surface area contributed by atoms with Crippen molar-refractivity contribution < 1.29 is 19.4 Å². The Morgan fingerprint density at radius 2 is 2.00 bits per heavy atom. The van der Waals surface area contributed by atoms with Crippen LogP contribution in [0.25, 0.3) is 0 Å². The zero-order valence-corrected chi connectivity index (χ0v) is 8.95. The highest BCUT2D eigenvalue weighted by Crippen LogP contribution is 2.20. The van der Waals surface area contributed by atoms with E-state index < -0.39 is 23.8 Å². The van der Waals surface area contributed by atoms with E-state index in [1.165, 1.54) is 7.11 Å². The Labute approximate surface area is 84.3 Å². The number of carboxylic acids is 1. The fraction of sp³-hybridized carbons (Fsp3) is 0.800. The van der Waals surface area contributed by atoms with E-state index in [4.69, 9.17) is 5.11 Å². The van der Waals surface area contributed by atoms with Crippen LogP contribution in [-0.4, -0.2) is 24.2 Å². The largest absolute Gasteiger partial charge is 0.481 e. The van der Waals surface area contributed by atoms with Gasteiger partial charge in [-0.05, 0) is 6.42 Å². The molecule has 0 radical (unpaired) electrons. The molecule has 82 valence electrons. The molecule has 0 fully saturated rings. The third-order valence-corrected chi connectivity index (χ3v) is 2.36. The highest BCUT2D eigenvalue weighted by molar-refractivity contribution is 5.80. The first-order valence-electron chi connectivity index (χ1n) is 4.85. The second kappa shape index (κ2) is 6.40. The maximum absolute atomic E-state index is 11.1. The Bertz CT molecular complexity index is 200. The Balaban J connectivity index is 4.32. The molecule has 0 aliphatic carbocycles. The Hall–Kier alpha value is -1.06. The molecule has 0 saturated carbocycles. The van der Waals surface area contributed by atoms with Gasteiger partial charge in [0.15, 0.2) is 0 Å². The van der Waals surface area contributed by atoms with Gasteiger partial charge in [0.2, 0.25) is 0 Å². The number of unbranched alkanes of at least 4 members (excludes halogenated alkanes) is 1. The lowest BCUT2D eigenvalue weighted by molar-refractivity contribution is -0.155. The number of ether oxygens (including phenoxy) is 1. The molecule has 0 aliphatic heterocycles. The molecule has 2 atom stereocenters. The third-order valence-electron chi connectivity index (χ3n) is 2.36. The van der Waals surface area contributed by atoms with Gasteiger partial charge in [0.1, 0.15) is 0 Å². The molecule has 0 spiro atoms. The Morgan fingerprint density at radius 1 is 1.43 bits per heavy atom. The van der Waals surface area contributed by atoms with Crippen molar-refractivity contribution in [2.45, 2.75) is 33.1 Å². The summed E-state index contributed by atoms with van der Waals surface area (Å²) in [6.07, 6.45) is 2.28. The van der Waals surface area contributed by atoms with E-state index in [1.807, 2.05) is 6.92 Å². The second-order valence-electron chi connectivity index (χ2n) is 3.40. The maximum Gasteiger partial charge on any atom is 0.309 e. The molecule has 0 saturated heterocycles. The first kappa shape index (κ1) is 12.9. The third kappa shape index (κ3) is 3.77. The van der Waals surface area contributed by atoms with Crippen molar-refractivity contribution in [3.8, 4) is 0 Å². The van der Waals surface area contributed by atoms with Crippen molar-refractivity contribution in [1.29, 1.82) is 0 Å². The normalized spacial score (nSPS) is 14.5. The molecule has 0 aromatic heterocycles. The van der Waals surface area contributed by atoms with Crippen LogP contribution in [0.15, 0.2) is 0 Å². The monoisotopic (exact) mass is 202 g/mol. The van der Waals surface area contributed by atoms with Gasteiger partial charge in [0, 0.05) is 0 Å². The number of carbonyl (C=O) groups excluding carboxylic acids is 1. The lowest BCUT2D eigenvalue weighted by Crippen LogP contribution is -2.28. The van der Waals surface area contributed by atoms with Crippen LogP contribution in [0, 0.1) is 11.8 Å². The summed E-state index contributed by atoms with van der Waals surface area (Å²) < 4.78 is 4.52. The van der Waals surface area contributed by atoms with Crippen molar-refractivity contribution in [3.05, 3.63) is 0 Å². The summed E-state index contributed by atoms with van der Waals surface area (Å²) >= 11 is 0. The number of hydrogen-bond acceptors (Lipinski definition) is 3. The number of methoxy groups -OCH3 is 1. The highest BCUT2D eigenvalue weighted by atomic mass is 16.5. The van der Waals surface area contributed by atoms with Crippen LogP contribution >= 0.6 is 0 Å².